The van der Waals surface area contributed by atoms with Crippen LogP contribution in [-0.4, -0.2) is 41.6 Å². The fourth-order valence-electron chi connectivity index (χ4n) is 3.82. The molecular formula is C20H26N4O. The van der Waals surface area contributed by atoms with E-state index in [2.05, 4.69) is 39.6 Å². The number of benzene rings is 1. The average Bonchev–Trinajstić information content (AvgIpc) is 2.68. The lowest BCUT2D eigenvalue weighted by Gasteiger charge is -2.29. The number of ether oxygens (including phenoxy) is 1. The van der Waals surface area contributed by atoms with Gasteiger partial charge in [0.2, 0.25) is 0 Å². The Hall–Kier alpha value is -1.98. The molecule has 0 saturated carbocycles. The Morgan fingerprint density at radius 3 is 3.16 bits per heavy atom. The van der Waals surface area contributed by atoms with Crippen molar-refractivity contribution in [2.75, 3.05) is 26.7 Å². The second-order valence-corrected chi connectivity index (χ2v) is 7.06. The summed E-state index contributed by atoms with van der Waals surface area (Å²) in [5.41, 5.74) is 3.81. The van der Waals surface area contributed by atoms with Gasteiger partial charge in [0.05, 0.1) is 7.11 Å². The summed E-state index contributed by atoms with van der Waals surface area (Å²) < 4.78 is 5.33. The highest BCUT2D eigenvalue weighted by Crippen LogP contribution is 2.24. The van der Waals surface area contributed by atoms with Crippen LogP contribution in [0.5, 0.6) is 5.75 Å². The smallest absolute Gasteiger partial charge is 0.132 e. The van der Waals surface area contributed by atoms with Gasteiger partial charge in [0, 0.05) is 56.0 Å². The van der Waals surface area contributed by atoms with E-state index in [0.717, 1.165) is 50.7 Å². The monoisotopic (exact) mass is 338 g/mol. The van der Waals surface area contributed by atoms with Gasteiger partial charge < -0.3 is 10.1 Å². The molecule has 1 fully saturated rings. The van der Waals surface area contributed by atoms with Gasteiger partial charge >= 0.3 is 0 Å². The molecule has 1 aromatic heterocycles. The Balaban J connectivity index is 1.44. The van der Waals surface area contributed by atoms with Gasteiger partial charge in [0.25, 0.3) is 0 Å². The minimum atomic E-state index is 0.480. The first-order valence-corrected chi connectivity index (χ1v) is 9.22. The molecule has 0 unspecified atom stereocenters. The SMILES string of the molecule is COc1cccc(CN2CCc3nc([C@@H]4CCCNC4)ncc3C2)c1. The number of fused-ring (bicyclic) bond motifs is 1. The average molecular weight is 338 g/mol. The van der Waals surface area contributed by atoms with Crippen molar-refractivity contribution in [2.24, 2.45) is 0 Å². The van der Waals surface area contributed by atoms with E-state index >= 15 is 0 Å². The van der Waals surface area contributed by atoms with Crippen molar-refractivity contribution in [2.45, 2.75) is 38.3 Å². The predicted molar refractivity (Wildman–Crippen MR) is 97.7 cm³/mol. The fraction of sp³-hybridized carbons (Fsp3) is 0.500. The van der Waals surface area contributed by atoms with E-state index in [0.29, 0.717) is 5.92 Å². The van der Waals surface area contributed by atoms with E-state index in [1.807, 2.05) is 6.07 Å². The van der Waals surface area contributed by atoms with Crippen LogP contribution in [0.25, 0.3) is 0 Å². The van der Waals surface area contributed by atoms with E-state index in [4.69, 9.17) is 9.72 Å². The van der Waals surface area contributed by atoms with Gasteiger partial charge in [0.1, 0.15) is 11.6 Å². The molecule has 0 amide bonds. The zero-order valence-corrected chi connectivity index (χ0v) is 14.9. The van der Waals surface area contributed by atoms with Crippen LogP contribution in [0.15, 0.2) is 30.5 Å². The maximum atomic E-state index is 5.33. The number of nitrogens with one attached hydrogen (secondary N) is 1. The van der Waals surface area contributed by atoms with Crippen molar-refractivity contribution in [3.05, 3.63) is 53.1 Å². The molecule has 1 atom stereocenters. The van der Waals surface area contributed by atoms with E-state index in [1.54, 1.807) is 7.11 Å². The maximum absolute atomic E-state index is 5.33. The summed E-state index contributed by atoms with van der Waals surface area (Å²) in [7, 11) is 1.72. The van der Waals surface area contributed by atoms with Gasteiger partial charge in [-0.1, -0.05) is 12.1 Å². The van der Waals surface area contributed by atoms with Gasteiger partial charge in [-0.2, -0.15) is 0 Å². The van der Waals surface area contributed by atoms with Crippen molar-refractivity contribution in [1.82, 2.24) is 20.2 Å². The van der Waals surface area contributed by atoms with Gasteiger partial charge in [-0.3, -0.25) is 4.90 Å². The number of rotatable bonds is 4. The zero-order valence-electron chi connectivity index (χ0n) is 14.9. The van der Waals surface area contributed by atoms with Crippen LogP contribution in [0.2, 0.25) is 0 Å². The summed E-state index contributed by atoms with van der Waals surface area (Å²) >= 11 is 0. The van der Waals surface area contributed by atoms with Crippen molar-refractivity contribution in [1.29, 1.82) is 0 Å². The molecule has 2 aliphatic rings. The zero-order chi connectivity index (χ0) is 17.1. The molecule has 1 N–H and O–H groups in total. The Kier molecular flexibility index (Phi) is 4.95. The summed E-state index contributed by atoms with van der Waals surface area (Å²) in [4.78, 5) is 12.1. The highest BCUT2D eigenvalue weighted by atomic mass is 16.5. The molecule has 5 heteroatoms. The number of nitrogens with zero attached hydrogens (tertiary/aromatic N) is 3. The van der Waals surface area contributed by atoms with Crippen molar-refractivity contribution < 1.29 is 4.74 Å². The third-order valence-electron chi connectivity index (χ3n) is 5.23. The van der Waals surface area contributed by atoms with E-state index in [1.165, 1.54) is 29.7 Å². The first kappa shape index (κ1) is 16.5. The molecule has 0 spiro atoms. The minimum Gasteiger partial charge on any atom is -0.497 e. The molecule has 5 nitrogen and oxygen atoms in total. The van der Waals surface area contributed by atoms with E-state index in [-0.39, 0.29) is 0 Å². The normalized spacial score (nSPS) is 20.9. The van der Waals surface area contributed by atoms with Crippen LogP contribution >= 0.6 is 0 Å². The van der Waals surface area contributed by atoms with Crippen LogP contribution in [0.1, 0.15) is 41.4 Å². The topological polar surface area (TPSA) is 50.3 Å². The molecule has 2 aliphatic heterocycles. The van der Waals surface area contributed by atoms with Crippen LogP contribution in [0, 0.1) is 0 Å². The first-order valence-electron chi connectivity index (χ1n) is 9.22. The number of hydrogen-bond acceptors (Lipinski definition) is 5. The minimum absolute atomic E-state index is 0.480. The molecule has 4 rings (SSSR count). The van der Waals surface area contributed by atoms with Crippen molar-refractivity contribution >= 4 is 0 Å². The quantitative estimate of drug-likeness (QED) is 0.928. The van der Waals surface area contributed by atoms with Gasteiger partial charge in [-0.25, -0.2) is 9.97 Å². The van der Waals surface area contributed by atoms with Gasteiger partial charge in [-0.05, 0) is 37.1 Å². The Labute approximate surface area is 149 Å². The molecule has 0 aliphatic carbocycles. The predicted octanol–water partition coefficient (Wildman–Crippen LogP) is 2.51. The number of aromatic nitrogens is 2. The summed E-state index contributed by atoms with van der Waals surface area (Å²) in [6.45, 7) is 5.05. The lowest BCUT2D eigenvalue weighted by molar-refractivity contribution is 0.242. The third kappa shape index (κ3) is 3.83. The van der Waals surface area contributed by atoms with Crippen LogP contribution in [-0.2, 0) is 19.5 Å². The largest absolute Gasteiger partial charge is 0.497 e. The van der Waals surface area contributed by atoms with Crippen LogP contribution in [0.3, 0.4) is 0 Å². The lowest BCUT2D eigenvalue weighted by Crippen LogP contribution is -2.32. The summed E-state index contributed by atoms with van der Waals surface area (Å²) in [5.74, 6) is 2.44. The molecule has 25 heavy (non-hydrogen) atoms. The molecule has 132 valence electrons. The molecule has 3 heterocycles. The van der Waals surface area contributed by atoms with E-state index in [9.17, 15) is 0 Å². The number of piperidine rings is 1. The summed E-state index contributed by atoms with van der Waals surface area (Å²) in [6, 6.07) is 8.32. The highest BCUT2D eigenvalue weighted by Gasteiger charge is 2.22. The number of hydrogen-bond donors (Lipinski definition) is 1. The second-order valence-electron chi connectivity index (χ2n) is 7.06. The molecule has 1 aromatic carbocycles. The van der Waals surface area contributed by atoms with Crippen LogP contribution in [0.4, 0.5) is 0 Å². The van der Waals surface area contributed by atoms with Crippen molar-refractivity contribution in [3.63, 3.8) is 0 Å². The molecule has 0 bridgehead atoms. The maximum Gasteiger partial charge on any atom is 0.132 e. The molecule has 1 saturated heterocycles. The summed E-state index contributed by atoms with van der Waals surface area (Å²) in [5, 5.41) is 3.46. The van der Waals surface area contributed by atoms with Gasteiger partial charge in [-0.15, -0.1) is 0 Å². The second kappa shape index (κ2) is 7.50. The standard InChI is InChI=1S/C20H26N4O/c1-25-18-6-2-4-15(10-18)13-24-9-7-19-17(14-24)12-22-20(23-19)16-5-3-8-21-11-16/h2,4,6,10,12,16,21H,3,5,7-9,11,13-14H2,1H3/t16-/m1/s1. The Morgan fingerprint density at radius 2 is 2.32 bits per heavy atom. The van der Waals surface area contributed by atoms with Crippen LogP contribution < -0.4 is 10.1 Å². The Bertz CT molecular complexity index is 727. The third-order valence-corrected chi connectivity index (χ3v) is 5.23. The molecule has 0 radical (unpaired) electrons. The van der Waals surface area contributed by atoms with Gasteiger partial charge in [0.15, 0.2) is 0 Å². The lowest BCUT2D eigenvalue weighted by atomic mass is 9.98. The first-order chi connectivity index (χ1) is 12.3. The molecule has 2 aromatic rings. The fourth-order valence-corrected chi connectivity index (χ4v) is 3.82. The molecular weight excluding hydrogens is 312 g/mol. The highest BCUT2D eigenvalue weighted by molar-refractivity contribution is 5.29. The number of methoxy groups -OCH3 is 1. The summed E-state index contributed by atoms with van der Waals surface area (Å²) in [6.07, 6.45) is 5.49. The van der Waals surface area contributed by atoms with Crippen molar-refractivity contribution in [3.8, 4) is 5.75 Å². The Morgan fingerprint density at radius 1 is 1.36 bits per heavy atom. The van der Waals surface area contributed by atoms with E-state index < -0.39 is 0 Å².